The number of carbonyl (C=O) groups excluding carboxylic acids is 2. The Labute approximate surface area is 98.7 Å². The van der Waals surface area contributed by atoms with E-state index in [-0.39, 0.29) is 18.4 Å². The van der Waals surface area contributed by atoms with E-state index in [2.05, 4.69) is 10.3 Å². The molecule has 2 rings (SSSR count). The maximum absolute atomic E-state index is 11.6. The Balaban J connectivity index is 1.79. The molecule has 0 aromatic heterocycles. The third-order valence-corrected chi connectivity index (χ3v) is 3.48. The van der Waals surface area contributed by atoms with Crippen LogP contribution in [0.1, 0.15) is 19.3 Å². The van der Waals surface area contributed by atoms with Gasteiger partial charge in [-0.3, -0.25) is 14.6 Å². The molecule has 0 aromatic rings. The number of carbonyl (C=O) groups is 2. The van der Waals surface area contributed by atoms with Crippen molar-refractivity contribution in [1.29, 1.82) is 0 Å². The molecule has 2 aliphatic rings. The van der Waals surface area contributed by atoms with Gasteiger partial charge < -0.3 is 10.2 Å². The molecule has 2 heterocycles. The molecule has 5 nitrogen and oxygen atoms in total. The SMILES string of the molecule is O=C(CN1CCCCC1=O)NC1=NCCS1. The zero-order chi connectivity index (χ0) is 11.4. The summed E-state index contributed by atoms with van der Waals surface area (Å²) in [5, 5.41) is 3.42. The maximum atomic E-state index is 11.6. The van der Waals surface area contributed by atoms with Crippen LogP contribution in [0.2, 0.25) is 0 Å². The van der Waals surface area contributed by atoms with E-state index in [1.165, 1.54) is 0 Å². The number of rotatable bonds is 2. The van der Waals surface area contributed by atoms with Gasteiger partial charge in [-0.15, -0.1) is 0 Å². The van der Waals surface area contributed by atoms with Crippen LogP contribution in [0.3, 0.4) is 0 Å². The summed E-state index contributed by atoms with van der Waals surface area (Å²) < 4.78 is 0. The first-order chi connectivity index (χ1) is 7.75. The quantitative estimate of drug-likeness (QED) is 0.752. The number of amides is 2. The first kappa shape index (κ1) is 11.4. The van der Waals surface area contributed by atoms with Crippen molar-refractivity contribution in [1.82, 2.24) is 10.2 Å². The molecule has 0 atom stereocenters. The summed E-state index contributed by atoms with van der Waals surface area (Å²) in [6.45, 7) is 1.63. The van der Waals surface area contributed by atoms with Gasteiger partial charge in [0.05, 0.1) is 13.1 Å². The summed E-state index contributed by atoms with van der Waals surface area (Å²) in [4.78, 5) is 28.8. The minimum Gasteiger partial charge on any atom is -0.333 e. The Morgan fingerprint density at radius 2 is 2.38 bits per heavy atom. The molecule has 1 fully saturated rings. The van der Waals surface area contributed by atoms with E-state index < -0.39 is 0 Å². The van der Waals surface area contributed by atoms with Gasteiger partial charge in [0.1, 0.15) is 0 Å². The van der Waals surface area contributed by atoms with Gasteiger partial charge in [0.2, 0.25) is 11.8 Å². The lowest BCUT2D eigenvalue weighted by molar-refractivity contribution is -0.137. The maximum Gasteiger partial charge on any atom is 0.245 e. The van der Waals surface area contributed by atoms with Gasteiger partial charge in [-0.2, -0.15) is 0 Å². The summed E-state index contributed by atoms with van der Waals surface area (Å²) in [5.74, 6) is 0.879. The highest BCUT2D eigenvalue weighted by atomic mass is 32.2. The monoisotopic (exact) mass is 241 g/mol. The van der Waals surface area contributed by atoms with Crippen LogP contribution >= 0.6 is 11.8 Å². The molecule has 88 valence electrons. The van der Waals surface area contributed by atoms with E-state index in [1.807, 2.05) is 0 Å². The molecule has 0 saturated carbocycles. The molecular formula is C10H15N3O2S. The van der Waals surface area contributed by atoms with Crippen LogP contribution in [-0.4, -0.2) is 47.3 Å². The second kappa shape index (κ2) is 5.34. The van der Waals surface area contributed by atoms with E-state index in [0.717, 1.165) is 25.1 Å². The molecule has 0 unspecified atom stereocenters. The number of hydrogen-bond acceptors (Lipinski definition) is 4. The van der Waals surface area contributed by atoms with Crippen LogP contribution in [0.15, 0.2) is 4.99 Å². The summed E-state index contributed by atoms with van der Waals surface area (Å²) in [7, 11) is 0. The number of nitrogens with zero attached hydrogens (tertiary/aromatic N) is 2. The van der Waals surface area contributed by atoms with Crippen molar-refractivity contribution in [3.8, 4) is 0 Å². The van der Waals surface area contributed by atoms with Crippen molar-refractivity contribution in [3.05, 3.63) is 0 Å². The molecule has 2 amide bonds. The number of aliphatic imine (C=N–C) groups is 1. The predicted octanol–water partition coefficient (Wildman–Crippen LogP) is 0.218. The van der Waals surface area contributed by atoms with Crippen LogP contribution in [-0.2, 0) is 9.59 Å². The summed E-state index contributed by atoms with van der Waals surface area (Å²) in [6.07, 6.45) is 2.51. The lowest BCUT2D eigenvalue weighted by Crippen LogP contribution is -2.43. The molecule has 0 aromatic carbocycles. The van der Waals surface area contributed by atoms with Crippen molar-refractivity contribution in [3.63, 3.8) is 0 Å². The van der Waals surface area contributed by atoms with E-state index in [4.69, 9.17) is 0 Å². The minimum atomic E-state index is -0.136. The van der Waals surface area contributed by atoms with E-state index in [9.17, 15) is 9.59 Å². The van der Waals surface area contributed by atoms with Crippen molar-refractivity contribution in [2.24, 2.45) is 4.99 Å². The fourth-order valence-corrected chi connectivity index (χ4v) is 2.52. The van der Waals surface area contributed by atoms with Crippen molar-refractivity contribution in [2.45, 2.75) is 19.3 Å². The molecule has 0 spiro atoms. The molecule has 1 N–H and O–H groups in total. The molecule has 6 heteroatoms. The number of nitrogens with one attached hydrogen (secondary N) is 1. The average Bonchev–Trinajstić information content (AvgIpc) is 2.74. The third kappa shape index (κ3) is 2.98. The second-order valence-electron chi connectivity index (χ2n) is 3.86. The Kier molecular flexibility index (Phi) is 3.82. The fraction of sp³-hybridized carbons (Fsp3) is 0.700. The van der Waals surface area contributed by atoms with Crippen molar-refractivity contribution in [2.75, 3.05) is 25.4 Å². The molecular weight excluding hydrogens is 226 g/mol. The zero-order valence-corrected chi connectivity index (χ0v) is 9.89. The van der Waals surface area contributed by atoms with Crippen LogP contribution < -0.4 is 5.32 Å². The third-order valence-electron chi connectivity index (χ3n) is 2.59. The topological polar surface area (TPSA) is 61.8 Å². The Morgan fingerprint density at radius 1 is 1.50 bits per heavy atom. The van der Waals surface area contributed by atoms with Gasteiger partial charge in [-0.25, -0.2) is 0 Å². The molecule has 16 heavy (non-hydrogen) atoms. The highest BCUT2D eigenvalue weighted by molar-refractivity contribution is 8.14. The molecule has 2 aliphatic heterocycles. The van der Waals surface area contributed by atoms with Crippen molar-refractivity contribution < 1.29 is 9.59 Å². The van der Waals surface area contributed by atoms with E-state index in [0.29, 0.717) is 18.1 Å². The summed E-state index contributed by atoms with van der Waals surface area (Å²) in [6, 6.07) is 0. The number of likely N-dealkylation sites (tertiary alicyclic amines) is 1. The van der Waals surface area contributed by atoms with E-state index in [1.54, 1.807) is 16.7 Å². The van der Waals surface area contributed by atoms with E-state index >= 15 is 0 Å². The predicted molar refractivity (Wildman–Crippen MR) is 63.3 cm³/mol. The van der Waals surface area contributed by atoms with Gasteiger partial charge in [0.25, 0.3) is 0 Å². The highest BCUT2D eigenvalue weighted by Gasteiger charge is 2.21. The second-order valence-corrected chi connectivity index (χ2v) is 4.94. The number of piperidine rings is 1. The van der Waals surface area contributed by atoms with Crippen molar-refractivity contribution >= 4 is 28.7 Å². The number of thioether (sulfide) groups is 1. The number of amidine groups is 1. The molecule has 1 saturated heterocycles. The van der Waals surface area contributed by atoms with Crippen LogP contribution in [0, 0.1) is 0 Å². The Morgan fingerprint density at radius 3 is 3.06 bits per heavy atom. The van der Waals surface area contributed by atoms with Gasteiger partial charge in [-0.05, 0) is 12.8 Å². The zero-order valence-electron chi connectivity index (χ0n) is 9.07. The lowest BCUT2D eigenvalue weighted by Gasteiger charge is -2.25. The largest absolute Gasteiger partial charge is 0.333 e. The van der Waals surface area contributed by atoms with Crippen LogP contribution in [0.25, 0.3) is 0 Å². The normalized spacial score (nSPS) is 20.9. The highest BCUT2D eigenvalue weighted by Crippen LogP contribution is 2.11. The average molecular weight is 241 g/mol. The molecule has 0 aliphatic carbocycles. The standard InChI is InChI=1S/C10H15N3O2S/c14-8(12-10-11-4-6-16-10)7-13-5-2-1-3-9(13)15/h1-7H2,(H,11,12,14). The molecule has 0 radical (unpaired) electrons. The van der Waals surface area contributed by atoms with Crippen LogP contribution in [0.4, 0.5) is 0 Å². The van der Waals surface area contributed by atoms with Gasteiger partial charge in [0.15, 0.2) is 5.17 Å². The lowest BCUT2D eigenvalue weighted by atomic mass is 10.1. The summed E-state index contributed by atoms with van der Waals surface area (Å²) >= 11 is 1.55. The van der Waals surface area contributed by atoms with Gasteiger partial charge in [-0.1, -0.05) is 11.8 Å². The molecule has 0 bridgehead atoms. The summed E-state index contributed by atoms with van der Waals surface area (Å²) in [5.41, 5.74) is 0. The Bertz CT molecular complexity index is 330. The van der Waals surface area contributed by atoms with Gasteiger partial charge >= 0.3 is 0 Å². The first-order valence-corrected chi connectivity index (χ1v) is 6.49. The smallest absolute Gasteiger partial charge is 0.245 e. The van der Waals surface area contributed by atoms with Crippen LogP contribution in [0.5, 0.6) is 0 Å². The fourth-order valence-electron chi connectivity index (χ4n) is 1.77. The first-order valence-electron chi connectivity index (χ1n) is 5.50. The minimum absolute atomic E-state index is 0.0856. The van der Waals surface area contributed by atoms with Gasteiger partial charge in [0, 0.05) is 18.7 Å². The Hall–Kier alpha value is -1.04. The number of hydrogen-bond donors (Lipinski definition) is 1.